The molecule has 16 heavy (non-hydrogen) atoms. The van der Waals surface area contributed by atoms with Gasteiger partial charge in [0.15, 0.2) is 0 Å². The van der Waals surface area contributed by atoms with Gasteiger partial charge in [-0.2, -0.15) is 5.26 Å². The fourth-order valence-electron chi connectivity index (χ4n) is 1.13. The highest BCUT2D eigenvalue weighted by atomic mass is 35.5. The predicted octanol–water partition coefficient (Wildman–Crippen LogP) is 0.680. The lowest BCUT2D eigenvalue weighted by Gasteiger charge is -2.12. The average Bonchev–Trinajstić information content (AvgIpc) is 2.30. The third kappa shape index (κ3) is 2.83. The van der Waals surface area contributed by atoms with Gasteiger partial charge in [-0.05, 0) is 12.5 Å². The van der Waals surface area contributed by atoms with E-state index in [4.69, 9.17) is 27.1 Å². The SMILES string of the molecule is Cc1c(Cl)cnc(NCC(O)CO)c1C#N. The smallest absolute Gasteiger partial charge is 0.144 e. The summed E-state index contributed by atoms with van der Waals surface area (Å²) in [6.45, 7) is 1.50. The second-order valence-electron chi connectivity index (χ2n) is 3.28. The maximum Gasteiger partial charge on any atom is 0.144 e. The van der Waals surface area contributed by atoms with Crippen molar-refractivity contribution in [2.24, 2.45) is 0 Å². The number of hydrogen-bond donors (Lipinski definition) is 3. The van der Waals surface area contributed by atoms with E-state index >= 15 is 0 Å². The fourth-order valence-corrected chi connectivity index (χ4v) is 1.27. The normalized spacial score (nSPS) is 11.9. The molecule has 0 aliphatic heterocycles. The van der Waals surface area contributed by atoms with Crippen LogP contribution in [0.4, 0.5) is 5.82 Å². The van der Waals surface area contributed by atoms with E-state index in [1.165, 1.54) is 6.20 Å². The minimum atomic E-state index is -0.885. The first-order valence-corrected chi connectivity index (χ1v) is 5.06. The molecule has 5 nitrogen and oxygen atoms in total. The summed E-state index contributed by atoms with van der Waals surface area (Å²) in [5.41, 5.74) is 0.984. The quantitative estimate of drug-likeness (QED) is 0.721. The lowest BCUT2D eigenvalue weighted by molar-refractivity contribution is 0.105. The van der Waals surface area contributed by atoms with Crippen molar-refractivity contribution in [3.05, 3.63) is 22.3 Å². The van der Waals surface area contributed by atoms with E-state index in [-0.39, 0.29) is 13.2 Å². The van der Waals surface area contributed by atoms with Crippen LogP contribution in [-0.2, 0) is 0 Å². The Morgan fingerprint density at radius 2 is 2.38 bits per heavy atom. The standard InChI is InChI=1S/C10H12ClN3O2/c1-6-8(2-12)10(14-4-9(6)11)13-3-7(16)5-15/h4,7,15-16H,3,5H2,1H3,(H,13,14). The highest BCUT2D eigenvalue weighted by Crippen LogP contribution is 2.22. The average molecular weight is 242 g/mol. The summed E-state index contributed by atoms with van der Waals surface area (Å²) in [7, 11) is 0. The molecule has 1 heterocycles. The number of aliphatic hydroxyl groups is 2. The van der Waals surface area contributed by atoms with Gasteiger partial charge in [0.2, 0.25) is 0 Å². The molecule has 0 spiro atoms. The van der Waals surface area contributed by atoms with Crippen LogP contribution in [0.2, 0.25) is 5.02 Å². The molecule has 0 fully saturated rings. The number of nitriles is 1. The molecule has 86 valence electrons. The summed E-state index contributed by atoms with van der Waals surface area (Å²) in [5, 5.41) is 29.9. The zero-order valence-corrected chi connectivity index (χ0v) is 9.49. The summed E-state index contributed by atoms with van der Waals surface area (Å²) in [4.78, 5) is 3.96. The molecule has 0 bridgehead atoms. The van der Waals surface area contributed by atoms with Crippen molar-refractivity contribution in [3.63, 3.8) is 0 Å². The summed E-state index contributed by atoms with van der Waals surface area (Å²) in [5.74, 6) is 0.358. The first-order chi connectivity index (χ1) is 7.60. The van der Waals surface area contributed by atoms with Crippen LogP contribution in [0.1, 0.15) is 11.1 Å². The molecule has 1 aromatic rings. The maximum atomic E-state index is 9.16. The number of rotatable bonds is 4. The minimum Gasteiger partial charge on any atom is -0.394 e. The van der Waals surface area contributed by atoms with Crippen LogP contribution < -0.4 is 5.32 Å². The van der Waals surface area contributed by atoms with E-state index < -0.39 is 6.10 Å². The molecule has 6 heteroatoms. The van der Waals surface area contributed by atoms with Gasteiger partial charge in [-0.15, -0.1) is 0 Å². The van der Waals surface area contributed by atoms with E-state index in [0.29, 0.717) is 22.0 Å². The third-order valence-electron chi connectivity index (χ3n) is 2.10. The Bertz CT molecular complexity index is 417. The molecule has 3 N–H and O–H groups in total. The Labute approximate surface area is 98.3 Å². The third-order valence-corrected chi connectivity index (χ3v) is 2.49. The number of aliphatic hydroxyl groups excluding tert-OH is 2. The van der Waals surface area contributed by atoms with Gasteiger partial charge in [-0.25, -0.2) is 4.98 Å². The number of halogens is 1. The lowest BCUT2D eigenvalue weighted by atomic mass is 10.1. The molecule has 0 aliphatic rings. The van der Waals surface area contributed by atoms with E-state index in [1.54, 1.807) is 6.92 Å². The zero-order chi connectivity index (χ0) is 12.1. The molecule has 0 aliphatic carbocycles. The van der Waals surface area contributed by atoms with Gasteiger partial charge in [0.1, 0.15) is 11.9 Å². The van der Waals surface area contributed by atoms with Crippen molar-refractivity contribution >= 4 is 17.4 Å². The van der Waals surface area contributed by atoms with Gasteiger partial charge in [-0.1, -0.05) is 11.6 Å². The van der Waals surface area contributed by atoms with Crippen molar-refractivity contribution < 1.29 is 10.2 Å². The Balaban J connectivity index is 2.89. The number of anilines is 1. The minimum absolute atomic E-state index is 0.124. The van der Waals surface area contributed by atoms with E-state index in [1.807, 2.05) is 6.07 Å². The van der Waals surface area contributed by atoms with Gasteiger partial charge >= 0.3 is 0 Å². The van der Waals surface area contributed by atoms with Crippen LogP contribution in [0.15, 0.2) is 6.20 Å². The molecule has 0 aromatic carbocycles. The van der Waals surface area contributed by atoms with E-state index in [2.05, 4.69) is 10.3 Å². The molecule has 0 saturated heterocycles. The van der Waals surface area contributed by atoms with Crippen LogP contribution in [0, 0.1) is 18.3 Å². The predicted molar refractivity (Wildman–Crippen MR) is 60.3 cm³/mol. The van der Waals surface area contributed by atoms with Crippen molar-refractivity contribution in [2.45, 2.75) is 13.0 Å². The fraction of sp³-hybridized carbons (Fsp3) is 0.400. The summed E-state index contributed by atoms with van der Waals surface area (Å²) >= 11 is 5.82. The van der Waals surface area contributed by atoms with Crippen LogP contribution in [0.3, 0.4) is 0 Å². The monoisotopic (exact) mass is 241 g/mol. The topological polar surface area (TPSA) is 89.2 Å². The lowest BCUT2D eigenvalue weighted by Crippen LogP contribution is -2.23. The van der Waals surface area contributed by atoms with Crippen molar-refractivity contribution in [3.8, 4) is 6.07 Å². The Hall–Kier alpha value is -1.35. The molecular formula is C10H12ClN3O2. The molecule has 1 aromatic heterocycles. The van der Waals surface area contributed by atoms with Crippen molar-refractivity contribution in [1.29, 1.82) is 5.26 Å². The van der Waals surface area contributed by atoms with Crippen LogP contribution in [0.25, 0.3) is 0 Å². The van der Waals surface area contributed by atoms with Crippen LogP contribution >= 0.6 is 11.6 Å². The van der Waals surface area contributed by atoms with E-state index in [9.17, 15) is 0 Å². The molecule has 0 radical (unpaired) electrons. The summed E-state index contributed by atoms with van der Waals surface area (Å²) in [6.07, 6.45) is 0.551. The molecule has 1 unspecified atom stereocenters. The van der Waals surface area contributed by atoms with Crippen molar-refractivity contribution in [2.75, 3.05) is 18.5 Å². The molecule has 0 saturated carbocycles. The number of nitrogens with one attached hydrogen (secondary N) is 1. The van der Waals surface area contributed by atoms with Gasteiger partial charge in [-0.3, -0.25) is 0 Å². The summed E-state index contributed by atoms with van der Waals surface area (Å²) in [6, 6.07) is 1.99. The number of nitrogens with zero attached hydrogens (tertiary/aromatic N) is 2. The Morgan fingerprint density at radius 3 is 2.94 bits per heavy atom. The number of aromatic nitrogens is 1. The first kappa shape index (κ1) is 12.7. The van der Waals surface area contributed by atoms with E-state index in [0.717, 1.165) is 0 Å². The molecule has 1 atom stereocenters. The van der Waals surface area contributed by atoms with Gasteiger partial charge in [0.25, 0.3) is 0 Å². The molecule has 1 rings (SSSR count). The Kier molecular flexibility index (Phi) is 4.50. The Morgan fingerprint density at radius 1 is 1.69 bits per heavy atom. The maximum absolute atomic E-state index is 9.16. The number of pyridine rings is 1. The largest absolute Gasteiger partial charge is 0.394 e. The van der Waals surface area contributed by atoms with Gasteiger partial charge < -0.3 is 15.5 Å². The van der Waals surface area contributed by atoms with Crippen molar-refractivity contribution in [1.82, 2.24) is 4.98 Å². The first-order valence-electron chi connectivity index (χ1n) is 4.68. The van der Waals surface area contributed by atoms with Crippen LogP contribution in [0.5, 0.6) is 0 Å². The molecule has 0 amide bonds. The summed E-state index contributed by atoms with van der Waals surface area (Å²) < 4.78 is 0. The van der Waals surface area contributed by atoms with Gasteiger partial charge in [0.05, 0.1) is 23.3 Å². The highest BCUT2D eigenvalue weighted by molar-refractivity contribution is 6.31. The van der Waals surface area contributed by atoms with Gasteiger partial charge in [0, 0.05) is 12.7 Å². The zero-order valence-electron chi connectivity index (χ0n) is 8.74. The molecular weight excluding hydrogens is 230 g/mol. The number of hydrogen-bond acceptors (Lipinski definition) is 5. The second-order valence-corrected chi connectivity index (χ2v) is 3.69. The van der Waals surface area contributed by atoms with Crippen LogP contribution in [-0.4, -0.2) is 34.5 Å². The highest BCUT2D eigenvalue weighted by Gasteiger charge is 2.11. The second kappa shape index (κ2) is 5.66.